The van der Waals surface area contributed by atoms with E-state index < -0.39 is 12.1 Å². The summed E-state index contributed by atoms with van der Waals surface area (Å²) in [7, 11) is 0. The van der Waals surface area contributed by atoms with Gasteiger partial charge in [0.2, 0.25) is 11.8 Å². The minimum Gasteiger partial charge on any atom is -0.354 e. The molecule has 0 fully saturated rings. The molecule has 8 heteroatoms. The summed E-state index contributed by atoms with van der Waals surface area (Å²) in [5, 5.41) is 10.8. The average Bonchev–Trinajstić information content (AvgIpc) is 2.71. The summed E-state index contributed by atoms with van der Waals surface area (Å²) >= 11 is 0. The second-order valence-corrected chi connectivity index (χ2v) is 7.13. The highest BCUT2D eigenvalue weighted by atomic mass is 19.1. The summed E-state index contributed by atoms with van der Waals surface area (Å²) in [6.45, 7) is 4.13. The Balaban J connectivity index is 1.73. The van der Waals surface area contributed by atoms with Gasteiger partial charge in [-0.25, -0.2) is 9.18 Å². The molecule has 2 aromatic carbocycles. The molecule has 0 spiro atoms. The van der Waals surface area contributed by atoms with Gasteiger partial charge in [0.25, 0.3) is 0 Å². The van der Waals surface area contributed by atoms with Crippen LogP contribution in [0.1, 0.15) is 19.4 Å². The van der Waals surface area contributed by atoms with Crippen LogP contribution in [0.5, 0.6) is 0 Å². The number of rotatable bonds is 9. The number of carbonyl (C=O) groups excluding carboxylic acids is 3. The molecule has 0 aliphatic heterocycles. The second kappa shape index (κ2) is 11.5. The number of hydrogen-bond acceptors (Lipinski definition) is 3. The molecule has 2 aromatic rings. The van der Waals surface area contributed by atoms with Crippen LogP contribution in [0.15, 0.2) is 54.6 Å². The molecule has 4 N–H and O–H groups in total. The SMILES string of the molecule is CC(C)C(NC(=O)Nc1ccccc1)C(=O)NCCNC(=O)Cc1ccc(F)cc1. The minimum absolute atomic E-state index is 0.125. The Morgan fingerprint density at radius 3 is 2.17 bits per heavy atom. The third-order valence-corrected chi connectivity index (χ3v) is 4.29. The largest absolute Gasteiger partial charge is 0.354 e. The average molecular weight is 414 g/mol. The van der Waals surface area contributed by atoms with Crippen LogP contribution in [-0.4, -0.2) is 37.0 Å². The van der Waals surface area contributed by atoms with E-state index in [4.69, 9.17) is 0 Å². The van der Waals surface area contributed by atoms with Gasteiger partial charge < -0.3 is 21.3 Å². The van der Waals surface area contributed by atoms with Crippen molar-refractivity contribution in [2.24, 2.45) is 5.92 Å². The molecule has 30 heavy (non-hydrogen) atoms. The molecular formula is C22H27FN4O3. The molecule has 160 valence electrons. The highest BCUT2D eigenvalue weighted by Crippen LogP contribution is 2.07. The van der Waals surface area contributed by atoms with Crippen LogP contribution in [-0.2, 0) is 16.0 Å². The number of halogens is 1. The Morgan fingerprint density at radius 2 is 1.53 bits per heavy atom. The zero-order valence-electron chi connectivity index (χ0n) is 17.1. The number of para-hydroxylation sites is 1. The van der Waals surface area contributed by atoms with Crippen molar-refractivity contribution in [1.82, 2.24) is 16.0 Å². The van der Waals surface area contributed by atoms with Crippen LogP contribution in [0, 0.1) is 11.7 Å². The van der Waals surface area contributed by atoms with Gasteiger partial charge in [-0.1, -0.05) is 44.2 Å². The molecule has 1 atom stereocenters. The minimum atomic E-state index is -0.719. The molecule has 0 bridgehead atoms. The van der Waals surface area contributed by atoms with Gasteiger partial charge in [0.15, 0.2) is 0 Å². The van der Waals surface area contributed by atoms with E-state index in [1.54, 1.807) is 36.4 Å². The van der Waals surface area contributed by atoms with Gasteiger partial charge in [-0.3, -0.25) is 9.59 Å². The lowest BCUT2D eigenvalue weighted by atomic mass is 10.0. The predicted molar refractivity (Wildman–Crippen MR) is 113 cm³/mol. The van der Waals surface area contributed by atoms with Gasteiger partial charge in [-0.15, -0.1) is 0 Å². The van der Waals surface area contributed by atoms with Gasteiger partial charge in [0.05, 0.1) is 6.42 Å². The fourth-order valence-corrected chi connectivity index (χ4v) is 2.71. The lowest BCUT2D eigenvalue weighted by Gasteiger charge is -2.22. The molecular weight excluding hydrogens is 387 g/mol. The van der Waals surface area contributed by atoms with Crippen molar-refractivity contribution in [3.63, 3.8) is 0 Å². The number of amides is 4. The second-order valence-electron chi connectivity index (χ2n) is 7.13. The molecule has 0 aliphatic carbocycles. The standard InChI is InChI=1S/C22H27FN4O3/c1-15(2)20(27-22(30)26-18-6-4-3-5-7-18)21(29)25-13-12-24-19(28)14-16-8-10-17(23)11-9-16/h3-11,15,20H,12-14H2,1-2H3,(H,24,28)(H,25,29)(H2,26,27,30). The summed E-state index contributed by atoms with van der Waals surface area (Å²) in [5.41, 5.74) is 1.33. The van der Waals surface area contributed by atoms with Crippen molar-refractivity contribution in [3.05, 3.63) is 66.0 Å². The topological polar surface area (TPSA) is 99.3 Å². The summed E-state index contributed by atoms with van der Waals surface area (Å²) in [4.78, 5) is 36.5. The van der Waals surface area contributed by atoms with Crippen LogP contribution < -0.4 is 21.3 Å². The van der Waals surface area contributed by atoms with E-state index in [2.05, 4.69) is 21.3 Å². The van der Waals surface area contributed by atoms with Crippen LogP contribution in [0.3, 0.4) is 0 Å². The molecule has 2 rings (SSSR count). The molecule has 0 aliphatic rings. The number of carbonyl (C=O) groups is 3. The quantitative estimate of drug-likeness (QED) is 0.474. The van der Waals surface area contributed by atoms with Crippen molar-refractivity contribution in [3.8, 4) is 0 Å². The van der Waals surface area contributed by atoms with Gasteiger partial charge in [-0.2, -0.15) is 0 Å². The fraction of sp³-hybridized carbons (Fsp3) is 0.318. The first-order chi connectivity index (χ1) is 14.3. The Bertz CT molecular complexity index is 841. The third-order valence-electron chi connectivity index (χ3n) is 4.29. The normalized spacial score (nSPS) is 11.5. The Hall–Kier alpha value is -3.42. The van der Waals surface area contributed by atoms with E-state index in [0.717, 1.165) is 0 Å². The zero-order chi connectivity index (χ0) is 21.9. The Labute approximate surface area is 175 Å². The summed E-state index contributed by atoms with van der Waals surface area (Å²) in [6, 6.07) is 13.5. The highest BCUT2D eigenvalue weighted by molar-refractivity contribution is 5.93. The van der Waals surface area contributed by atoms with E-state index in [1.807, 2.05) is 19.9 Å². The summed E-state index contributed by atoms with van der Waals surface area (Å²) in [6.07, 6.45) is 0.129. The van der Waals surface area contributed by atoms with E-state index in [0.29, 0.717) is 11.3 Å². The van der Waals surface area contributed by atoms with Crippen molar-refractivity contribution < 1.29 is 18.8 Å². The number of hydrogen-bond donors (Lipinski definition) is 4. The van der Waals surface area contributed by atoms with Crippen molar-refractivity contribution in [2.75, 3.05) is 18.4 Å². The maximum atomic E-state index is 12.9. The monoisotopic (exact) mass is 414 g/mol. The smallest absolute Gasteiger partial charge is 0.319 e. The molecule has 0 radical (unpaired) electrons. The summed E-state index contributed by atoms with van der Waals surface area (Å²) in [5.74, 6) is -1.04. The van der Waals surface area contributed by atoms with E-state index in [9.17, 15) is 18.8 Å². The maximum Gasteiger partial charge on any atom is 0.319 e. The molecule has 0 aromatic heterocycles. The number of anilines is 1. The first-order valence-corrected chi connectivity index (χ1v) is 9.76. The lowest BCUT2D eigenvalue weighted by Crippen LogP contribution is -2.51. The molecule has 0 saturated carbocycles. The maximum absolute atomic E-state index is 12.9. The number of urea groups is 1. The predicted octanol–water partition coefficient (Wildman–Crippen LogP) is 2.45. The fourth-order valence-electron chi connectivity index (χ4n) is 2.71. The van der Waals surface area contributed by atoms with Gasteiger partial charge in [-0.05, 0) is 35.7 Å². The molecule has 0 saturated heterocycles. The summed E-state index contributed by atoms with van der Waals surface area (Å²) < 4.78 is 12.9. The first kappa shape index (κ1) is 22.9. The van der Waals surface area contributed by atoms with Crippen LogP contribution in [0.4, 0.5) is 14.9 Å². The van der Waals surface area contributed by atoms with Gasteiger partial charge in [0.1, 0.15) is 11.9 Å². The third kappa shape index (κ3) is 7.90. The van der Waals surface area contributed by atoms with Crippen LogP contribution in [0.25, 0.3) is 0 Å². The molecule has 0 heterocycles. The highest BCUT2D eigenvalue weighted by Gasteiger charge is 2.23. The van der Waals surface area contributed by atoms with Gasteiger partial charge in [0, 0.05) is 18.8 Å². The number of nitrogens with one attached hydrogen (secondary N) is 4. The van der Waals surface area contributed by atoms with Crippen molar-refractivity contribution in [1.29, 1.82) is 0 Å². The van der Waals surface area contributed by atoms with Gasteiger partial charge >= 0.3 is 6.03 Å². The van der Waals surface area contributed by atoms with Crippen molar-refractivity contribution >= 4 is 23.5 Å². The Morgan fingerprint density at radius 1 is 0.900 bits per heavy atom. The van der Waals surface area contributed by atoms with Crippen molar-refractivity contribution in [2.45, 2.75) is 26.3 Å². The van der Waals surface area contributed by atoms with E-state index >= 15 is 0 Å². The molecule has 4 amide bonds. The van der Waals surface area contributed by atoms with Crippen LogP contribution in [0.2, 0.25) is 0 Å². The van der Waals surface area contributed by atoms with Crippen LogP contribution >= 0.6 is 0 Å². The Kier molecular flexibility index (Phi) is 8.80. The number of benzene rings is 2. The zero-order valence-corrected chi connectivity index (χ0v) is 17.1. The molecule has 7 nitrogen and oxygen atoms in total. The van der Waals surface area contributed by atoms with E-state index in [-0.39, 0.29) is 43.1 Å². The van der Waals surface area contributed by atoms with E-state index in [1.165, 1.54) is 12.1 Å². The molecule has 1 unspecified atom stereocenters. The lowest BCUT2D eigenvalue weighted by molar-refractivity contribution is -0.124. The first-order valence-electron chi connectivity index (χ1n) is 9.76.